The van der Waals surface area contributed by atoms with Gasteiger partial charge in [-0.1, -0.05) is 48.5 Å². The molecule has 1 saturated heterocycles. The summed E-state index contributed by atoms with van der Waals surface area (Å²) < 4.78 is 12.8. The van der Waals surface area contributed by atoms with E-state index in [4.69, 9.17) is 15.2 Å². The van der Waals surface area contributed by atoms with E-state index in [1.165, 1.54) is 17.8 Å². The van der Waals surface area contributed by atoms with Crippen molar-refractivity contribution >= 4 is 46.6 Å². The van der Waals surface area contributed by atoms with Crippen LogP contribution in [0.2, 0.25) is 0 Å². The number of thioether (sulfide) groups is 1. The summed E-state index contributed by atoms with van der Waals surface area (Å²) in [6, 6.07) is 25.0. The molecule has 1 aliphatic heterocycles. The number of aromatic carboxylic acids is 1. The van der Waals surface area contributed by atoms with Gasteiger partial charge in [-0.15, -0.1) is 11.8 Å². The number of hydrogen-bond donors (Lipinski definition) is 5. The molecular weight excluding hydrogens is 632 g/mol. The molecule has 0 saturated carbocycles. The number of ether oxygens (including phenoxy) is 2. The van der Waals surface area contributed by atoms with Crippen LogP contribution in [0.3, 0.4) is 0 Å². The van der Waals surface area contributed by atoms with Crippen molar-refractivity contribution in [2.45, 2.75) is 62.2 Å². The zero-order valence-corrected chi connectivity index (χ0v) is 27.0. The van der Waals surface area contributed by atoms with Crippen LogP contribution in [0.4, 0.5) is 17.1 Å². The maximum absolute atomic E-state index is 12.6. The first-order chi connectivity index (χ1) is 23.3. The monoisotopic (exact) mass is 670 g/mol. The quantitative estimate of drug-likeness (QED) is 0.0580. The molecule has 5 rings (SSSR count). The number of hydrogen-bond acceptors (Lipinski definition) is 9. The Balaban J connectivity index is 1.16. The summed E-state index contributed by atoms with van der Waals surface area (Å²) in [6.45, 7) is -0.0580. The van der Waals surface area contributed by atoms with Gasteiger partial charge in [0.2, 0.25) is 11.8 Å². The topological polar surface area (TPSA) is 173 Å². The van der Waals surface area contributed by atoms with E-state index in [0.29, 0.717) is 47.1 Å². The number of pyridine rings is 1. The van der Waals surface area contributed by atoms with Crippen molar-refractivity contribution in [2.75, 3.05) is 22.1 Å². The van der Waals surface area contributed by atoms with Gasteiger partial charge in [-0.25, -0.2) is 9.78 Å². The molecular formula is C36H38N4O7S. The summed E-state index contributed by atoms with van der Waals surface area (Å²) in [5, 5.41) is 25.1. The fourth-order valence-corrected chi connectivity index (χ4v) is 6.21. The molecule has 6 N–H and O–H groups in total. The highest BCUT2D eigenvalue weighted by Crippen LogP contribution is 2.39. The van der Waals surface area contributed by atoms with Crippen LogP contribution in [0.1, 0.15) is 71.5 Å². The zero-order valence-electron chi connectivity index (χ0n) is 26.2. The Morgan fingerprint density at radius 3 is 2.23 bits per heavy atom. The lowest BCUT2D eigenvalue weighted by molar-refractivity contribution is -0.245. The summed E-state index contributed by atoms with van der Waals surface area (Å²) >= 11 is 1.32. The number of amides is 2. The van der Waals surface area contributed by atoms with Gasteiger partial charge in [-0.2, -0.15) is 0 Å². The van der Waals surface area contributed by atoms with Crippen molar-refractivity contribution in [2.24, 2.45) is 0 Å². The predicted octanol–water partition coefficient (Wildman–Crippen LogP) is 6.33. The normalized spacial score (nSPS) is 17.4. The van der Waals surface area contributed by atoms with E-state index in [1.54, 1.807) is 48.7 Å². The lowest BCUT2D eigenvalue weighted by Gasteiger charge is -2.36. The molecule has 0 radical (unpaired) electrons. The minimum Gasteiger partial charge on any atom is -0.478 e. The van der Waals surface area contributed by atoms with Crippen LogP contribution < -0.4 is 16.4 Å². The van der Waals surface area contributed by atoms with Crippen LogP contribution in [0.15, 0.2) is 96.2 Å². The van der Waals surface area contributed by atoms with Crippen LogP contribution in [0, 0.1) is 0 Å². The lowest BCUT2D eigenvalue weighted by atomic mass is 10.0. The Morgan fingerprint density at radius 2 is 1.54 bits per heavy atom. The van der Waals surface area contributed by atoms with Gasteiger partial charge in [0.05, 0.1) is 35.8 Å². The van der Waals surface area contributed by atoms with Crippen LogP contribution in [0.25, 0.3) is 0 Å². The minimum absolute atomic E-state index is 0.0580. The number of unbranched alkanes of at least 4 members (excludes halogenated alkanes) is 1. The van der Waals surface area contributed by atoms with Crippen molar-refractivity contribution in [1.29, 1.82) is 0 Å². The van der Waals surface area contributed by atoms with Gasteiger partial charge >= 0.3 is 5.97 Å². The van der Waals surface area contributed by atoms with Gasteiger partial charge in [0.15, 0.2) is 6.29 Å². The summed E-state index contributed by atoms with van der Waals surface area (Å²) in [5.41, 5.74) is 10.2. The number of carbonyl (C=O) groups excluding carboxylic acids is 2. The van der Waals surface area contributed by atoms with Gasteiger partial charge in [-0.3, -0.25) is 9.59 Å². The number of para-hydroxylation sites is 2. The van der Waals surface area contributed by atoms with Gasteiger partial charge in [-0.05, 0) is 60.4 Å². The zero-order chi connectivity index (χ0) is 33.9. The van der Waals surface area contributed by atoms with Crippen LogP contribution in [0.5, 0.6) is 0 Å². The van der Waals surface area contributed by atoms with Gasteiger partial charge in [0.1, 0.15) is 5.03 Å². The van der Waals surface area contributed by atoms with Gasteiger partial charge in [0.25, 0.3) is 0 Å². The van der Waals surface area contributed by atoms with Crippen LogP contribution >= 0.6 is 11.8 Å². The van der Waals surface area contributed by atoms with Crippen molar-refractivity contribution in [3.63, 3.8) is 0 Å². The Labute approximate surface area is 282 Å². The number of nitrogen functional groups attached to an aromatic ring is 1. The maximum atomic E-state index is 12.6. The third-order valence-corrected chi connectivity index (χ3v) is 8.92. The molecule has 2 amide bonds. The summed E-state index contributed by atoms with van der Waals surface area (Å²) in [7, 11) is 0. The minimum atomic E-state index is -1.04. The molecule has 4 aromatic rings. The largest absolute Gasteiger partial charge is 0.478 e. The fraction of sp³-hybridized carbons (Fsp3) is 0.278. The number of benzene rings is 3. The maximum Gasteiger partial charge on any atom is 0.338 e. The average molecular weight is 671 g/mol. The molecule has 0 unspecified atom stereocenters. The molecule has 12 heteroatoms. The van der Waals surface area contributed by atoms with E-state index in [1.807, 2.05) is 36.4 Å². The first-order valence-corrected chi connectivity index (χ1v) is 16.6. The molecule has 3 atom stereocenters. The van der Waals surface area contributed by atoms with Crippen molar-refractivity contribution in [3.05, 3.63) is 113 Å². The van der Waals surface area contributed by atoms with E-state index in [-0.39, 0.29) is 49.0 Å². The third kappa shape index (κ3) is 9.64. The van der Waals surface area contributed by atoms with Gasteiger partial charge < -0.3 is 36.1 Å². The van der Waals surface area contributed by atoms with Crippen molar-refractivity contribution < 1.29 is 34.1 Å². The number of carboxylic acids is 1. The standard InChI is InChI=1S/C36H38N4O7S/c37-29-7-1-2-8-30(29)40-33(43)10-4-3-9-32(42)39-26-17-15-25(16-18-26)36-46-27(22-48-34-28(35(44)45)6-5-19-38-34)20-31(47-36)24-13-11-23(21-41)12-14-24/h1-2,5-8,11-19,27,31,36,41H,3-4,9-10,20-22,37H2,(H,39,42)(H,40,43)(H,44,45)/t27-,31+,36+/m1/s1. The first kappa shape index (κ1) is 34.6. The molecule has 11 nitrogen and oxygen atoms in total. The van der Waals surface area contributed by atoms with E-state index < -0.39 is 12.3 Å². The molecule has 48 heavy (non-hydrogen) atoms. The van der Waals surface area contributed by atoms with Crippen molar-refractivity contribution in [3.8, 4) is 0 Å². The molecule has 0 bridgehead atoms. The number of anilines is 3. The molecule has 1 aromatic heterocycles. The Bertz CT molecular complexity index is 1700. The molecule has 3 aromatic carbocycles. The number of nitrogens with one attached hydrogen (secondary N) is 2. The Hall–Kier alpha value is -4.75. The van der Waals surface area contributed by atoms with Crippen molar-refractivity contribution in [1.82, 2.24) is 4.98 Å². The van der Waals surface area contributed by atoms with E-state index >= 15 is 0 Å². The Kier molecular flexibility index (Phi) is 12.2. The highest BCUT2D eigenvalue weighted by atomic mass is 32.2. The number of nitrogens with zero attached hydrogens (tertiary/aromatic N) is 1. The fourth-order valence-electron chi connectivity index (χ4n) is 5.20. The number of aliphatic hydroxyl groups is 1. The number of nitrogens with two attached hydrogens (primary N) is 1. The number of carbonyl (C=O) groups is 3. The third-order valence-electron chi connectivity index (χ3n) is 7.78. The summed E-state index contributed by atoms with van der Waals surface area (Å²) in [5.74, 6) is -0.886. The summed E-state index contributed by atoms with van der Waals surface area (Å²) in [4.78, 5) is 40.8. The number of aromatic nitrogens is 1. The highest BCUT2D eigenvalue weighted by Gasteiger charge is 2.32. The molecule has 2 heterocycles. The van der Waals surface area contributed by atoms with E-state index in [9.17, 15) is 24.6 Å². The van der Waals surface area contributed by atoms with Crippen LogP contribution in [-0.2, 0) is 25.7 Å². The average Bonchev–Trinajstić information content (AvgIpc) is 3.10. The van der Waals surface area contributed by atoms with E-state index in [2.05, 4.69) is 15.6 Å². The lowest BCUT2D eigenvalue weighted by Crippen LogP contribution is -2.31. The molecule has 250 valence electrons. The second-order valence-corrected chi connectivity index (χ2v) is 12.3. The number of carboxylic acid groups (broad SMARTS) is 1. The molecule has 0 spiro atoms. The second kappa shape index (κ2) is 16.9. The highest BCUT2D eigenvalue weighted by molar-refractivity contribution is 7.99. The van der Waals surface area contributed by atoms with Crippen LogP contribution in [-0.4, -0.2) is 44.8 Å². The predicted molar refractivity (Wildman–Crippen MR) is 183 cm³/mol. The Morgan fingerprint density at radius 1 is 0.854 bits per heavy atom. The molecule has 1 aliphatic rings. The van der Waals surface area contributed by atoms with E-state index in [0.717, 1.165) is 16.7 Å². The number of rotatable bonds is 14. The molecule has 1 fully saturated rings. The van der Waals surface area contributed by atoms with Gasteiger partial charge in [0, 0.05) is 42.5 Å². The molecule has 0 aliphatic carbocycles. The second-order valence-electron chi connectivity index (χ2n) is 11.3. The SMILES string of the molecule is Nc1ccccc1NC(=O)CCCCC(=O)Nc1ccc([C@H]2O[C@@H](CSc3ncccc3C(=O)O)C[C@@H](c3ccc(CO)cc3)O2)cc1. The first-order valence-electron chi connectivity index (χ1n) is 15.6. The number of aliphatic hydroxyl groups excluding tert-OH is 1. The summed E-state index contributed by atoms with van der Waals surface area (Å²) in [6.07, 6.45) is 2.46. The smallest absolute Gasteiger partial charge is 0.338 e.